The molecule has 1 aromatic heterocycles. The predicted molar refractivity (Wildman–Crippen MR) is 92.9 cm³/mol. The van der Waals surface area contributed by atoms with Crippen molar-refractivity contribution in [2.75, 3.05) is 11.6 Å². The Hall–Kier alpha value is -2.38. The van der Waals surface area contributed by atoms with E-state index in [2.05, 4.69) is 10.3 Å². The molecule has 0 aliphatic carbocycles. The van der Waals surface area contributed by atoms with E-state index in [0.29, 0.717) is 21.7 Å². The topological polar surface area (TPSA) is 81.1 Å². The number of sulfone groups is 1. The van der Waals surface area contributed by atoms with Crippen LogP contribution in [0, 0.1) is 0 Å². The van der Waals surface area contributed by atoms with Crippen LogP contribution in [-0.2, 0) is 21.2 Å². The Morgan fingerprint density at radius 3 is 2.67 bits per heavy atom. The Morgan fingerprint density at radius 2 is 1.96 bits per heavy atom. The number of aromatic nitrogens is 2. The van der Waals surface area contributed by atoms with Crippen LogP contribution in [0.3, 0.4) is 0 Å². The van der Waals surface area contributed by atoms with Crippen molar-refractivity contribution in [3.63, 3.8) is 0 Å². The summed E-state index contributed by atoms with van der Waals surface area (Å²) < 4.78 is 25.3. The number of hydrogen-bond donors (Lipinski definition) is 1. The molecule has 0 spiro atoms. The molecule has 8 heteroatoms. The molecule has 2 aromatic carbocycles. The van der Waals surface area contributed by atoms with Gasteiger partial charge in [-0.1, -0.05) is 29.8 Å². The highest BCUT2D eigenvalue weighted by atomic mass is 35.5. The van der Waals surface area contributed by atoms with E-state index in [9.17, 15) is 13.2 Å². The first-order valence-electron chi connectivity index (χ1n) is 7.05. The minimum atomic E-state index is -3.57. The van der Waals surface area contributed by atoms with E-state index >= 15 is 0 Å². The van der Waals surface area contributed by atoms with Crippen molar-refractivity contribution in [3.8, 4) is 0 Å². The number of hydrogen-bond acceptors (Lipinski definition) is 4. The van der Waals surface area contributed by atoms with Crippen LogP contribution in [0.1, 0.15) is 0 Å². The van der Waals surface area contributed by atoms with E-state index in [0.717, 1.165) is 6.26 Å². The lowest BCUT2D eigenvalue weighted by atomic mass is 10.3. The number of anilines is 1. The fraction of sp³-hybridized carbons (Fsp3) is 0.125. The standard InChI is InChI=1S/C16H14ClN3O3S/c1-24(22,23)16-19-13-7-2-3-8-14(13)20(16)10-15(21)18-12-6-4-5-11(17)9-12/h2-9H,10H2,1H3,(H,18,21). The number of imidazole rings is 1. The number of nitrogens with one attached hydrogen (secondary N) is 1. The van der Waals surface area contributed by atoms with E-state index in [4.69, 9.17) is 11.6 Å². The third-order valence-corrected chi connectivity index (χ3v) is 4.57. The molecular formula is C16H14ClN3O3S. The smallest absolute Gasteiger partial charge is 0.244 e. The van der Waals surface area contributed by atoms with E-state index < -0.39 is 9.84 Å². The number of para-hydroxylation sites is 2. The summed E-state index contributed by atoms with van der Waals surface area (Å²) in [4.78, 5) is 16.4. The van der Waals surface area contributed by atoms with E-state index in [1.54, 1.807) is 48.5 Å². The molecule has 0 aliphatic heterocycles. The van der Waals surface area contributed by atoms with Gasteiger partial charge in [0.25, 0.3) is 0 Å². The molecule has 24 heavy (non-hydrogen) atoms. The maximum Gasteiger partial charge on any atom is 0.244 e. The van der Waals surface area contributed by atoms with Gasteiger partial charge in [0.15, 0.2) is 0 Å². The van der Waals surface area contributed by atoms with Crippen LogP contribution < -0.4 is 5.32 Å². The second-order valence-electron chi connectivity index (χ2n) is 5.30. The summed E-state index contributed by atoms with van der Waals surface area (Å²) in [6.45, 7) is -0.171. The molecule has 0 bridgehead atoms. The summed E-state index contributed by atoms with van der Waals surface area (Å²) in [7, 11) is -3.57. The van der Waals surface area contributed by atoms with Crippen LogP contribution in [0.2, 0.25) is 5.02 Å². The van der Waals surface area contributed by atoms with Crippen LogP contribution in [0.15, 0.2) is 53.7 Å². The predicted octanol–water partition coefficient (Wildman–Crippen LogP) is 2.73. The highest BCUT2D eigenvalue weighted by Crippen LogP contribution is 2.20. The van der Waals surface area contributed by atoms with Crippen molar-refractivity contribution in [3.05, 3.63) is 53.6 Å². The van der Waals surface area contributed by atoms with Crippen molar-refractivity contribution in [1.29, 1.82) is 0 Å². The molecule has 1 N–H and O–H groups in total. The third-order valence-electron chi connectivity index (χ3n) is 3.36. The zero-order valence-corrected chi connectivity index (χ0v) is 14.3. The number of rotatable bonds is 4. The molecule has 3 aromatic rings. The number of nitrogens with zero attached hydrogens (tertiary/aromatic N) is 2. The minimum absolute atomic E-state index is 0.134. The van der Waals surface area contributed by atoms with Crippen LogP contribution in [-0.4, -0.2) is 30.1 Å². The molecule has 6 nitrogen and oxygen atoms in total. The molecule has 3 rings (SSSR count). The molecule has 0 saturated heterocycles. The van der Waals surface area contributed by atoms with Gasteiger partial charge in [0.2, 0.25) is 20.9 Å². The van der Waals surface area contributed by atoms with Crippen LogP contribution in [0.5, 0.6) is 0 Å². The van der Waals surface area contributed by atoms with Gasteiger partial charge in [-0.2, -0.15) is 0 Å². The summed E-state index contributed by atoms with van der Waals surface area (Å²) in [5.74, 6) is -0.370. The average Bonchev–Trinajstić information content (AvgIpc) is 2.86. The van der Waals surface area contributed by atoms with Gasteiger partial charge in [0, 0.05) is 17.0 Å². The van der Waals surface area contributed by atoms with Crippen molar-refractivity contribution < 1.29 is 13.2 Å². The Morgan fingerprint density at radius 1 is 1.21 bits per heavy atom. The van der Waals surface area contributed by atoms with Gasteiger partial charge in [-0.3, -0.25) is 4.79 Å². The van der Waals surface area contributed by atoms with Gasteiger partial charge in [-0.25, -0.2) is 13.4 Å². The molecule has 0 radical (unpaired) electrons. The molecule has 1 amide bonds. The van der Waals surface area contributed by atoms with E-state index in [-0.39, 0.29) is 17.6 Å². The fourth-order valence-electron chi connectivity index (χ4n) is 2.40. The largest absolute Gasteiger partial charge is 0.324 e. The first-order chi connectivity index (χ1) is 11.3. The normalized spacial score (nSPS) is 11.6. The molecule has 0 atom stereocenters. The zero-order valence-electron chi connectivity index (χ0n) is 12.7. The van der Waals surface area contributed by atoms with E-state index in [1.807, 2.05) is 0 Å². The quantitative estimate of drug-likeness (QED) is 0.772. The van der Waals surface area contributed by atoms with Crippen LogP contribution >= 0.6 is 11.6 Å². The number of fused-ring (bicyclic) bond motifs is 1. The van der Waals surface area contributed by atoms with Crippen LogP contribution in [0.25, 0.3) is 11.0 Å². The number of benzene rings is 2. The summed E-state index contributed by atoms with van der Waals surface area (Å²) in [6.07, 6.45) is 1.07. The summed E-state index contributed by atoms with van der Waals surface area (Å²) in [5, 5.41) is 3.06. The lowest BCUT2D eigenvalue weighted by Crippen LogP contribution is -2.21. The van der Waals surface area contributed by atoms with Gasteiger partial charge >= 0.3 is 0 Å². The van der Waals surface area contributed by atoms with Crippen molar-refractivity contribution >= 4 is 44.1 Å². The maximum absolute atomic E-state index is 12.3. The van der Waals surface area contributed by atoms with Gasteiger partial charge in [-0.05, 0) is 30.3 Å². The number of carbonyl (C=O) groups is 1. The number of carbonyl (C=O) groups excluding carboxylic acids is 1. The third kappa shape index (κ3) is 3.42. The molecular weight excluding hydrogens is 350 g/mol. The maximum atomic E-state index is 12.3. The van der Waals surface area contributed by atoms with Crippen molar-refractivity contribution in [2.24, 2.45) is 0 Å². The van der Waals surface area contributed by atoms with Crippen molar-refractivity contribution in [1.82, 2.24) is 9.55 Å². The first kappa shape index (κ1) is 16.5. The van der Waals surface area contributed by atoms with Crippen molar-refractivity contribution in [2.45, 2.75) is 11.7 Å². The highest BCUT2D eigenvalue weighted by Gasteiger charge is 2.20. The number of halogens is 1. The monoisotopic (exact) mass is 363 g/mol. The second kappa shape index (κ2) is 6.26. The Balaban J connectivity index is 1.95. The van der Waals surface area contributed by atoms with Crippen LogP contribution in [0.4, 0.5) is 5.69 Å². The molecule has 1 heterocycles. The summed E-state index contributed by atoms with van der Waals surface area (Å²) in [5.41, 5.74) is 1.64. The molecule has 0 aliphatic rings. The number of amides is 1. The zero-order chi connectivity index (χ0) is 17.3. The van der Waals surface area contributed by atoms with Gasteiger partial charge < -0.3 is 9.88 Å². The fourth-order valence-corrected chi connectivity index (χ4v) is 3.42. The van der Waals surface area contributed by atoms with Gasteiger partial charge in [-0.15, -0.1) is 0 Å². The Labute approximate surface area is 144 Å². The molecule has 0 unspecified atom stereocenters. The molecule has 124 valence electrons. The molecule has 0 saturated carbocycles. The Kier molecular flexibility index (Phi) is 4.29. The Bertz CT molecular complexity index is 1030. The SMILES string of the molecule is CS(=O)(=O)c1nc2ccccc2n1CC(=O)Nc1cccc(Cl)c1. The average molecular weight is 364 g/mol. The lowest BCUT2D eigenvalue weighted by Gasteiger charge is -2.09. The van der Waals surface area contributed by atoms with Gasteiger partial charge in [0.1, 0.15) is 6.54 Å². The minimum Gasteiger partial charge on any atom is -0.324 e. The first-order valence-corrected chi connectivity index (χ1v) is 9.32. The summed E-state index contributed by atoms with van der Waals surface area (Å²) >= 11 is 5.89. The second-order valence-corrected chi connectivity index (χ2v) is 7.65. The van der Waals surface area contributed by atoms with E-state index in [1.165, 1.54) is 4.57 Å². The summed E-state index contributed by atoms with van der Waals surface area (Å²) in [6, 6.07) is 13.7. The van der Waals surface area contributed by atoms with Gasteiger partial charge in [0.05, 0.1) is 11.0 Å². The molecule has 0 fully saturated rings. The highest BCUT2D eigenvalue weighted by molar-refractivity contribution is 7.90. The lowest BCUT2D eigenvalue weighted by molar-refractivity contribution is -0.116.